The second-order valence-electron chi connectivity index (χ2n) is 10.7. The summed E-state index contributed by atoms with van der Waals surface area (Å²) < 4.78 is 16.5. The molecule has 0 unspecified atom stereocenters. The topological polar surface area (TPSA) is 101 Å². The zero-order valence-corrected chi connectivity index (χ0v) is 22.2. The van der Waals surface area contributed by atoms with Gasteiger partial charge in [-0.2, -0.15) is 5.10 Å². The summed E-state index contributed by atoms with van der Waals surface area (Å²) in [5.41, 5.74) is 5.06. The average molecular weight is 535 g/mol. The number of nitrogens with one attached hydrogen (secondary N) is 3. The molecule has 8 nitrogen and oxygen atoms in total. The summed E-state index contributed by atoms with van der Waals surface area (Å²) in [4.78, 5) is 29.6. The maximum absolute atomic E-state index is 14.8. The van der Waals surface area contributed by atoms with Crippen LogP contribution in [-0.2, 0) is 12.0 Å². The number of benzene rings is 3. The molecular formula is C31H27FN6O2. The molecule has 0 bridgehead atoms. The molecule has 3 heterocycles. The predicted molar refractivity (Wildman–Crippen MR) is 153 cm³/mol. The van der Waals surface area contributed by atoms with Gasteiger partial charge in [0.15, 0.2) is 0 Å². The first-order chi connectivity index (χ1) is 19.2. The SMILES string of the molecule is CC(C)(C)c1cc(NC(=O)Nc2cc(-c3cccc4c3CNC4=O)ccc2F)n(-c2ccc3ncccc3c2)n1. The van der Waals surface area contributed by atoms with Gasteiger partial charge in [0.2, 0.25) is 0 Å². The Morgan fingerprint density at radius 3 is 2.62 bits per heavy atom. The van der Waals surface area contributed by atoms with E-state index in [1.54, 1.807) is 35.1 Å². The molecule has 0 saturated carbocycles. The second kappa shape index (κ2) is 9.60. The number of halogens is 1. The normalized spacial score (nSPS) is 12.8. The van der Waals surface area contributed by atoms with Gasteiger partial charge < -0.3 is 10.6 Å². The van der Waals surface area contributed by atoms with Crippen molar-refractivity contribution in [3.8, 4) is 16.8 Å². The summed E-state index contributed by atoms with van der Waals surface area (Å²) in [6.07, 6.45) is 1.74. The van der Waals surface area contributed by atoms with Gasteiger partial charge in [-0.05, 0) is 59.2 Å². The Kier molecular flexibility index (Phi) is 6.06. The van der Waals surface area contributed by atoms with E-state index in [2.05, 4.69) is 20.9 Å². The van der Waals surface area contributed by atoms with Crippen molar-refractivity contribution in [3.05, 3.63) is 102 Å². The number of pyridine rings is 1. The molecule has 1 aliphatic rings. The lowest BCUT2D eigenvalue weighted by molar-refractivity contribution is 0.0965. The molecule has 9 heteroatoms. The first-order valence-corrected chi connectivity index (χ1v) is 12.9. The molecule has 0 aliphatic carbocycles. The van der Waals surface area contributed by atoms with E-state index in [1.165, 1.54) is 6.07 Å². The molecule has 1 aliphatic heterocycles. The maximum atomic E-state index is 14.8. The smallest absolute Gasteiger partial charge is 0.324 e. The van der Waals surface area contributed by atoms with Gasteiger partial charge in [-0.1, -0.05) is 45.0 Å². The standard InChI is InChI=1S/C31H27FN6O2/c1-31(2,3)27-16-28(38(37-27)20-10-12-25-19(14-20)6-5-13-33-25)36-30(40)35-26-15-18(9-11-24(26)32)21-7-4-8-22-23(21)17-34-29(22)39/h4-16H,17H2,1-3H3,(H,34,39)(H2,35,36,40). The Balaban J connectivity index is 1.31. The third-order valence-electron chi connectivity index (χ3n) is 6.92. The molecule has 2 aromatic heterocycles. The maximum Gasteiger partial charge on any atom is 0.324 e. The van der Waals surface area contributed by atoms with E-state index in [4.69, 9.17) is 5.10 Å². The van der Waals surface area contributed by atoms with Gasteiger partial charge in [-0.25, -0.2) is 13.9 Å². The number of aromatic nitrogens is 3. The first-order valence-electron chi connectivity index (χ1n) is 12.9. The number of urea groups is 1. The predicted octanol–water partition coefficient (Wildman–Crippen LogP) is 6.41. The van der Waals surface area contributed by atoms with E-state index < -0.39 is 11.8 Å². The molecule has 40 heavy (non-hydrogen) atoms. The summed E-state index contributed by atoms with van der Waals surface area (Å²) in [5.74, 6) is -0.273. The summed E-state index contributed by atoms with van der Waals surface area (Å²) in [7, 11) is 0. The summed E-state index contributed by atoms with van der Waals surface area (Å²) in [5, 5.41) is 14.0. The van der Waals surface area contributed by atoms with Crippen molar-refractivity contribution in [3.63, 3.8) is 0 Å². The van der Waals surface area contributed by atoms with Crippen LogP contribution in [0.1, 0.15) is 42.4 Å². The molecule has 0 atom stereocenters. The molecule has 0 fully saturated rings. The zero-order chi connectivity index (χ0) is 28.0. The average Bonchev–Trinajstić information content (AvgIpc) is 3.53. The minimum Gasteiger partial charge on any atom is -0.348 e. The quantitative estimate of drug-likeness (QED) is 0.248. The van der Waals surface area contributed by atoms with Gasteiger partial charge in [-0.3, -0.25) is 15.1 Å². The molecule has 3 amide bonds. The van der Waals surface area contributed by atoms with Crippen molar-refractivity contribution >= 4 is 34.3 Å². The van der Waals surface area contributed by atoms with Crippen molar-refractivity contribution in [2.75, 3.05) is 10.6 Å². The van der Waals surface area contributed by atoms with Crippen molar-refractivity contribution in [1.29, 1.82) is 0 Å². The van der Waals surface area contributed by atoms with Crippen molar-refractivity contribution < 1.29 is 14.0 Å². The van der Waals surface area contributed by atoms with Crippen molar-refractivity contribution in [1.82, 2.24) is 20.1 Å². The number of fused-ring (bicyclic) bond motifs is 2. The van der Waals surface area contributed by atoms with Crippen molar-refractivity contribution in [2.24, 2.45) is 0 Å². The van der Waals surface area contributed by atoms with E-state index in [1.807, 2.05) is 63.2 Å². The van der Waals surface area contributed by atoms with Gasteiger partial charge in [0.25, 0.3) is 5.91 Å². The van der Waals surface area contributed by atoms with Crippen LogP contribution in [-0.4, -0.2) is 26.7 Å². The van der Waals surface area contributed by atoms with E-state index in [0.717, 1.165) is 33.4 Å². The molecule has 3 N–H and O–H groups in total. The number of rotatable bonds is 4. The number of anilines is 2. The van der Waals surface area contributed by atoms with Crippen LogP contribution < -0.4 is 16.0 Å². The van der Waals surface area contributed by atoms with Crippen LogP contribution in [0.15, 0.2) is 79.0 Å². The van der Waals surface area contributed by atoms with Crippen LogP contribution in [0.25, 0.3) is 27.7 Å². The highest BCUT2D eigenvalue weighted by molar-refractivity contribution is 6.02. The number of amides is 3. The van der Waals surface area contributed by atoms with E-state index in [9.17, 15) is 14.0 Å². The Hall–Kier alpha value is -5.05. The highest BCUT2D eigenvalue weighted by Crippen LogP contribution is 2.32. The van der Waals surface area contributed by atoms with Crippen LogP contribution in [0.5, 0.6) is 0 Å². The highest BCUT2D eigenvalue weighted by Gasteiger charge is 2.24. The summed E-state index contributed by atoms with van der Waals surface area (Å²) in [6, 6.07) is 20.7. The zero-order valence-electron chi connectivity index (χ0n) is 22.2. The van der Waals surface area contributed by atoms with Gasteiger partial charge in [0, 0.05) is 35.2 Å². The fourth-order valence-corrected chi connectivity index (χ4v) is 4.81. The largest absolute Gasteiger partial charge is 0.348 e. The second-order valence-corrected chi connectivity index (χ2v) is 10.7. The third-order valence-corrected chi connectivity index (χ3v) is 6.92. The van der Waals surface area contributed by atoms with Gasteiger partial charge in [-0.15, -0.1) is 0 Å². The molecule has 6 rings (SSSR count). The van der Waals surface area contributed by atoms with E-state index in [-0.39, 0.29) is 17.0 Å². The number of carbonyl (C=O) groups excluding carboxylic acids is 2. The molecule has 0 radical (unpaired) electrons. The minimum atomic E-state index is -0.616. The van der Waals surface area contributed by atoms with Gasteiger partial charge >= 0.3 is 6.03 Å². The molecular weight excluding hydrogens is 507 g/mol. The minimum absolute atomic E-state index is 0.0174. The lowest BCUT2D eigenvalue weighted by Crippen LogP contribution is -2.22. The monoisotopic (exact) mass is 534 g/mol. The summed E-state index contributed by atoms with van der Waals surface area (Å²) >= 11 is 0. The molecule has 5 aromatic rings. The number of nitrogens with zero attached hydrogens (tertiary/aromatic N) is 3. The fraction of sp³-hybridized carbons (Fsp3) is 0.161. The summed E-state index contributed by atoms with van der Waals surface area (Å²) in [6.45, 7) is 6.52. The van der Waals surface area contributed by atoms with Gasteiger partial charge in [0.05, 0.1) is 22.6 Å². The Morgan fingerprint density at radius 2 is 1.80 bits per heavy atom. The van der Waals surface area contributed by atoms with E-state index >= 15 is 0 Å². The fourth-order valence-electron chi connectivity index (χ4n) is 4.81. The van der Waals surface area contributed by atoms with E-state index in [0.29, 0.717) is 23.5 Å². The van der Waals surface area contributed by atoms with Crippen LogP contribution in [0.4, 0.5) is 20.7 Å². The van der Waals surface area contributed by atoms with Crippen LogP contribution in [0.2, 0.25) is 0 Å². The Morgan fingerprint density at radius 1 is 0.975 bits per heavy atom. The molecule has 0 spiro atoms. The molecule has 200 valence electrons. The Bertz CT molecular complexity index is 1800. The van der Waals surface area contributed by atoms with Crippen LogP contribution in [0.3, 0.4) is 0 Å². The number of hydrogen-bond donors (Lipinski definition) is 3. The number of carbonyl (C=O) groups is 2. The highest BCUT2D eigenvalue weighted by atomic mass is 19.1. The first kappa shape index (κ1) is 25.2. The lowest BCUT2D eigenvalue weighted by Gasteiger charge is -2.14. The van der Waals surface area contributed by atoms with Gasteiger partial charge in [0.1, 0.15) is 11.6 Å². The molecule has 3 aromatic carbocycles. The molecule has 0 saturated heterocycles. The van der Waals surface area contributed by atoms with Crippen LogP contribution >= 0.6 is 0 Å². The third kappa shape index (κ3) is 4.66. The Labute approximate surface area is 230 Å². The number of hydrogen-bond acceptors (Lipinski definition) is 4. The van der Waals surface area contributed by atoms with Crippen LogP contribution in [0, 0.1) is 5.82 Å². The van der Waals surface area contributed by atoms with Crippen molar-refractivity contribution in [2.45, 2.75) is 32.7 Å². The lowest BCUT2D eigenvalue weighted by atomic mass is 9.92.